The Labute approximate surface area is 186 Å². The summed E-state index contributed by atoms with van der Waals surface area (Å²) >= 11 is 0. The monoisotopic (exact) mass is 429 g/mol. The van der Waals surface area contributed by atoms with Crippen LogP contribution >= 0.6 is 0 Å². The molecule has 2 heterocycles. The molecular formula is C25H39N3O3. The fraction of sp³-hybridized carbons (Fsp3) is 0.640. The van der Waals surface area contributed by atoms with Crippen molar-refractivity contribution in [3.05, 3.63) is 36.0 Å². The van der Waals surface area contributed by atoms with Gasteiger partial charge in [-0.2, -0.15) is 0 Å². The SMILES string of the molecule is CCCCCCCN1CCC(NCC(O)c2ccnc3ccc(OC)cc23)C(CO)C1. The molecule has 1 saturated heterocycles. The molecule has 1 aromatic carbocycles. The standard InChI is InChI=1S/C25H39N3O3/c1-3-4-5-6-7-13-28-14-11-23(19(17-28)18-29)27-16-25(30)21-10-12-26-24-9-8-20(31-2)15-22(21)24/h8-10,12,15,19,23,25,27,29-30H,3-7,11,13-14,16-18H2,1-2H3. The molecule has 0 saturated carbocycles. The van der Waals surface area contributed by atoms with Crippen molar-refractivity contribution >= 4 is 10.9 Å². The lowest BCUT2D eigenvalue weighted by molar-refractivity contribution is 0.0794. The second-order valence-corrected chi connectivity index (χ2v) is 8.76. The van der Waals surface area contributed by atoms with Crippen molar-refractivity contribution in [2.45, 2.75) is 57.6 Å². The minimum atomic E-state index is -0.645. The van der Waals surface area contributed by atoms with E-state index in [2.05, 4.69) is 22.1 Å². The summed E-state index contributed by atoms with van der Waals surface area (Å²) in [6.45, 7) is 5.97. The summed E-state index contributed by atoms with van der Waals surface area (Å²) in [6.07, 6.45) is 8.56. The quantitative estimate of drug-likeness (QED) is 0.448. The Balaban J connectivity index is 1.53. The molecule has 31 heavy (non-hydrogen) atoms. The lowest BCUT2D eigenvalue weighted by Crippen LogP contribution is -2.51. The van der Waals surface area contributed by atoms with Gasteiger partial charge in [0.1, 0.15) is 5.75 Å². The van der Waals surface area contributed by atoms with E-state index in [0.717, 1.165) is 48.3 Å². The Morgan fingerprint density at radius 3 is 2.84 bits per heavy atom. The fourth-order valence-electron chi connectivity index (χ4n) is 4.64. The van der Waals surface area contributed by atoms with E-state index in [9.17, 15) is 10.2 Å². The predicted molar refractivity (Wildman–Crippen MR) is 125 cm³/mol. The molecule has 6 nitrogen and oxygen atoms in total. The molecule has 1 aliphatic rings. The summed E-state index contributed by atoms with van der Waals surface area (Å²) in [7, 11) is 1.64. The van der Waals surface area contributed by atoms with Gasteiger partial charge in [0.15, 0.2) is 0 Å². The van der Waals surface area contributed by atoms with Crippen molar-refractivity contribution in [2.24, 2.45) is 5.92 Å². The molecular weight excluding hydrogens is 390 g/mol. The maximum absolute atomic E-state index is 10.9. The van der Waals surface area contributed by atoms with Gasteiger partial charge < -0.3 is 25.2 Å². The maximum atomic E-state index is 10.9. The number of pyridine rings is 1. The van der Waals surface area contributed by atoms with Gasteiger partial charge in [0.25, 0.3) is 0 Å². The van der Waals surface area contributed by atoms with E-state index in [0.29, 0.717) is 6.54 Å². The lowest BCUT2D eigenvalue weighted by atomic mass is 9.92. The summed E-state index contributed by atoms with van der Waals surface area (Å²) in [5, 5.41) is 25.3. The zero-order chi connectivity index (χ0) is 22.1. The van der Waals surface area contributed by atoms with E-state index < -0.39 is 6.10 Å². The highest BCUT2D eigenvalue weighted by Gasteiger charge is 2.28. The Bertz CT molecular complexity index is 801. The first-order chi connectivity index (χ1) is 15.2. The van der Waals surface area contributed by atoms with Crippen molar-refractivity contribution in [1.82, 2.24) is 15.2 Å². The summed E-state index contributed by atoms with van der Waals surface area (Å²) in [5.41, 5.74) is 1.69. The number of piperidine rings is 1. The molecule has 6 heteroatoms. The van der Waals surface area contributed by atoms with Crippen molar-refractivity contribution in [3.8, 4) is 5.75 Å². The van der Waals surface area contributed by atoms with Crippen LogP contribution in [-0.4, -0.2) is 66.0 Å². The third-order valence-electron chi connectivity index (χ3n) is 6.55. The Hall–Kier alpha value is -1.73. The van der Waals surface area contributed by atoms with Gasteiger partial charge in [0, 0.05) is 43.2 Å². The third-order valence-corrected chi connectivity index (χ3v) is 6.55. The molecule has 3 unspecified atom stereocenters. The van der Waals surface area contributed by atoms with Gasteiger partial charge in [0.2, 0.25) is 0 Å². The average molecular weight is 430 g/mol. The number of nitrogens with zero attached hydrogens (tertiary/aromatic N) is 2. The van der Waals surface area contributed by atoms with Gasteiger partial charge >= 0.3 is 0 Å². The molecule has 0 radical (unpaired) electrons. The molecule has 3 atom stereocenters. The highest BCUT2D eigenvalue weighted by molar-refractivity contribution is 5.83. The van der Waals surface area contributed by atoms with Crippen LogP contribution in [0.3, 0.4) is 0 Å². The molecule has 0 aliphatic carbocycles. The van der Waals surface area contributed by atoms with Crippen LogP contribution < -0.4 is 10.1 Å². The van der Waals surface area contributed by atoms with Crippen molar-refractivity contribution < 1.29 is 14.9 Å². The number of likely N-dealkylation sites (tertiary alicyclic amines) is 1. The van der Waals surface area contributed by atoms with Gasteiger partial charge in [-0.1, -0.05) is 32.6 Å². The molecule has 0 spiro atoms. The number of ether oxygens (including phenoxy) is 1. The summed E-state index contributed by atoms with van der Waals surface area (Å²) in [5.74, 6) is 0.954. The first-order valence-corrected chi connectivity index (χ1v) is 11.8. The second kappa shape index (κ2) is 12.3. The van der Waals surface area contributed by atoms with Gasteiger partial charge in [0.05, 0.1) is 18.7 Å². The van der Waals surface area contributed by atoms with Crippen LogP contribution in [0.2, 0.25) is 0 Å². The third kappa shape index (κ3) is 6.62. The summed E-state index contributed by atoms with van der Waals surface area (Å²) in [6, 6.07) is 7.82. The van der Waals surface area contributed by atoms with E-state index >= 15 is 0 Å². The zero-order valence-corrected chi connectivity index (χ0v) is 19.1. The fourth-order valence-corrected chi connectivity index (χ4v) is 4.64. The number of nitrogens with one attached hydrogen (secondary N) is 1. The van der Waals surface area contributed by atoms with Gasteiger partial charge in [-0.3, -0.25) is 4.98 Å². The minimum absolute atomic E-state index is 0.176. The highest BCUT2D eigenvalue weighted by Crippen LogP contribution is 2.27. The summed E-state index contributed by atoms with van der Waals surface area (Å²) in [4.78, 5) is 6.89. The van der Waals surface area contributed by atoms with Gasteiger partial charge in [-0.25, -0.2) is 0 Å². The number of unbranched alkanes of at least 4 members (excludes halogenated alkanes) is 4. The first kappa shape index (κ1) is 23.9. The largest absolute Gasteiger partial charge is 0.497 e. The minimum Gasteiger partial charge on any atom is -0.497 e. The average Bonchev–Trinajstić information content (AvgIpc) is 2.81. The number of hydrogen-bond donors (Lipinski definition) is 3. The van der Waals surface area contributed by atoms with Crippen LogP contribution in [-0.2, 0) is 0 Å². The second-order valence-electron chi connectivity index (χ2n) is 8.76. The van der Waals surface area contributed by atoms with Crippen molar-refractivity contribution in [3.63, 3.8) is 0 Å². The number of aliphatic hydroxyl groups is 2. The molecule has 1 aromatic heterocycles. The van der Waals surface area contributed by atoms with E-state index in [-0.39, 0.29) is 18.6 Å². The van der Waals surface area contributed by atoms with Crippen LogP contribution in [0.1, 0.15) is 57.1 Å². The van der Waals surface area contributed by atoms with Crippen LogP contribution in [0, 0.1) is 5.92 Å². The van der Waals surface area contributed by atoms with E-state index in [1.807, 2.05) is 24.3 Å². The molecule has 2 aromatic rings. The highest BCUT2D eigenvalue weighted by atomic mass is 16.5. The molecule has 0 bridgehead atoms. The lowest BCUT2D eigenvalue weighted by Gasteiger charge is -2.38. The Kier molecular flexibility index (Phi) is 9.53. The Morgan fingerprint density at radius 1 is 1.23 bits per heavy atom. The normalized spacial score (nSPS) is 20.8. The van der Waals surface area contributed by atoms with Crippen LogP contribution in [0.25, 0.3) is 10.9 Å². The van der Waals surface area contributed by atoms with E-state index in [1.54, 1.807) is 13.3 Å². The zero-order valence-electron chi connectivity index (χ0n) is 19.1. The van der Waals surface area contributed by atoms with Crippen molar-refractivity contribution in [1.29, 1.82) is 0 Å². The molecule has 172 valence electrons. The number of benzene rings is 1. The smallest absolute Gasteiger partial charge is 0.119 e. The van der Waals surface area contributed by atoms with Gasteiger partial charge in [-0.05, 0) is 55.8 Å². The van der Waals surface area contributed by atoms with Crippen LogP contribution in [0.15, 0.2) is 30.5 Å². The first-order valence-electron chi connectivity index (χ1n) is 11.8. The molecule has 3 rings (SSSR count). The number of fused-ring (bicyclic) bond motifs is 1. The summed E-state index contributed by atoms with van der Waals surface area (Å²) < 4.78 is 5.34. The molecule has 1 fully saturated rings. The number of methoxy groups -OCH3 is 1. The van der Waals surface area contributed by atoms with Crippen LogP contribution in [0.4, 0.5) is 0 Å². The Morgan fingerprint density at radius 2 is 2.06 bits per heavy atom. The van der Waals surface area contributed by atoms with Gasteiger partial charge in [-0.15, -0.1) is 0 Å². The van der Waals surface area contributed by atoms with Crippen molar-refractivity contribution in [2.75, 3.05) is 39.9 Å². The topological polar surface area (TPSA) is 77.9 Å². The maximum Gasteiger partial charge on any atom is 0.119 e. The number of rotatable bonds is 12. The van der Waals surface area contributed by atoms with E-state index in [1.165, 1.54) is 32.1 Å². The number of hydrogen-bond acceptors (Lipinski definition) is 6. The van der Waals surface area contributed by atoms with Crippen LogP contribution in [0.5, 0.6) is 5.75 Å². The predicted octanol–water partition coefficient (Wildman–Crippen LogP) is 3.52. The molecule has 3 N–H and O–H groups in total. The van der Waals surface area contributed by atoms with E-state index in [4.69, 9.17) is 4.74 Å². The molecule has 1 aliphatic heterocycles. The number of aliphatic hydroxyl groups excluding tert-OH is 2. The number of aromatic nitrogens is 1. The molecule has 0 amide bonds.